The van der Waals surface area contributed by atoms with E-state index in [0.717, 1.165) is 6.42 Å². The van der Waals surface area contributed by atoms with Gasteiger partial charge in [0.1, 0.15) is 0 Å². The molecule has 0 aromatic rings. The normalized spacial score (nSPS) is 24.1. The van der Waals surface area contributed by atoms with E-state index in [-0.39, 0.29) is 27.1 Å². The van der Waals surface area contributed by atoms with Gasteiger partial charge in [0, 0.05) is 0 Å². The summed E-state index contributed by atoms with van der Waals surface area (Å²) in [4.78, 5) is 17.9. The molecule has 1 fully saturated rings. The molecule has 1 aliphatic rings. The van der Waals surface area contributed by atoms with Crippen molar-refractivity contribution in [2.45, 2.75) is 31.7 Å². The van der Waals surface area contributed by atoms with Crippen LogP contribution in [0.2, 0.25) is 0 Å². The number of carbonyl (C=O) groups is 2. The van der Waals surface area contributed by atoms with Crippen molar-refractivity contribution in [3.05, 3.63) is 12.7 Å². The predicted molar refractivity (Wildman–Crippen MR) is 45.4 cm³/mol. The van der Waals surface area contributed by atoms with Crippen LogP contribution in [-0.2, 0) is 30.7 Å². The van der Waals surface area contributed by atoms with Crippen LogP contribution >= 0.6 is 0 Å². The van der Waals surface area contributed by atoms with Crippen molar-refractivity contribution in [1.82, 2.24) is 0 Å². The van der Waals surface area contributed by atoms with Crippen molar-refractivity contribution >= 4 is 11.9 Å². The predicted octanol–water partition coefficient (Wildman–Crippen LogP) is -1.08. The Kier molecular flexibility index (Phi) is 10.0. The fourth-order valence-electron chi connectivity index (χ4n) is 1.21. The summed E-state index contributed by atoms with van der Waals surface area (Å²) in [6, 6.07) is 0.142. The van der Waals surface area contributed by atoms with Gasteiger partial charge in [0.05, 0.1) is 11.9 Å². The average molecular weight is 394 g/mol. The zero-order valence-electron chi connectivity index (χ0n) is 8.14. The third-order valence-corrected chi connectivity index (χ3v) is 2.08. The quantitative estimate of drug-likeness (QED) is 0.385. The van der Waals surface area contributed by atoms with Gasteiger partial charge in [-0.2, -0.15) is 12.0 Å². The molecular formula is C9H13NO4Pt-2. The number of carboxylic acids is 2. The minimum atomic E-state index is -2.19. The Morgan fingerprint density at radius 1 is 1.13 bits per heavy atom. The Morgan fingerprint density at radius 2 is 1.53 bits per heavy atom. The molecule has 0 aromatic carbocycles. The summed E-state index contributed by atoms with van der Waals surface area (Å²) in [7, 11) is 0. The molecule has 2 atom stereocenters. The minimum absolute atomic E-state index is 0. The molecule has 0 unspecified atom stereocenters. The van der Waals surface area contributed by atoms with Crippen LogP contribution in [0.3, 0.4) is 0 Å². The van der Waals surface area contributed by atoms with Crippen LogP contribution in [0, 0.1) is 12.8 Å². The number of hydrogen-bond donors (Lipinski definition) is 0. The number of nitrogens with one attached hydrogen (secondary N) is 1. The van der Waals surface area contributed by atoms with Crippen molar-refractivity contribution < 1.29 is 40.9 Å². The third-order valence-electron chi connectivity index (χ3n) is 2.08. The fraction of sp³-hybridized carbons (Fsp3) is 0.667. The molecule has 1 saturated carbocycles. The van der Waals surface area contributed by atoms with Gasteiger partial charge in [-0.15, -0.1) is 0 Å². The van der Waals surface area contributed by atoms with E-state index in [1.165, 1.54) is 19.3 Å². The standard InChI is InChI=1S/C7H13N.C2H2O4.Pt/c1-6-4-2-3-5-7(6)8;3-1(4)2(5)6;/h6-8H,1-5H2;(H,3,4)(H,5,6);/q-2;;+2/p-2/t6-,7-;;/m1../s1. The summed E-state index contributed by atoms with van der Waals surface area (Å²) in [5.74, 6) is -3.95. The van der Waals surface area contributed by atoms with Crippen LogP contribution in [0.1, 0.15) is 25.7 Å². The first-order valence-electron chi connectivity index (χ1n) is 4.41. The summed E-state index contributed by atoms with van der Waals surface area (Å²) in [5.41, 5.74) is 7.42. The second-order valence-electron chi connectivity index (χ2n) is 3.23. The first-order chi connectivity index (χ1) is 6.45. The molecule has 0 aromatic heterocycles. The monoisotopic (exact) mass is 394 g/mol. The van der Waals surface area contributed by atoms with Gasteiger partial charge >= 0.3 is 21.1 Å². The molecule has 0 amide bonds. The van der Waals surface area contributed by atoms with Crippen molar-refractivity contribution in [1.29, 1.82) is 0 Å². The van der Waals surface area contributed by atoms with E-state index in [0.29, 0.717) is 5.92 Å². The van der Waals surface area contributed by atoms with Crippen LogP contribution in [0.4, 0.5) is 0 Å². The van der Waals surface area contributed by atoms with Gasteiger partial charge in [-0.25, -0.2) is 0 Å². The Balaban J connectivity index is 0. The van der Waals surface area contributed by atoms with Crippen LogP contribution in [0.5, 0.6) is 0 Å². The zero-order valence-corrected chi connectivity index (χ0v) is 10.4. The number of carbonyl (C=O) groups excluding carboxylic acids is 2. The molecule has 5 nitrogen and oxygen atoms in total. The summed E-state index contributed by atoms with van der Waals surface area (Å²) < 4.78 is 0. The van der Waals surface area contributed by atoms with Crippen molar-refractivity contribution in [3.63, 3.8) is 0 Å². The molecular weight excluding hydrogens is 381 g/mol. The number of hydrogen-bond acceptors (Lipinski definition) is 4. The first kappa shape index (κ1) is 17.0. The van der Waals surface area contributed by atoms with Crippen LogP contribution < -0.4 is 10.2 Å². The summed E-state index contributed by atoms with van der Waals surface area (Å²) in [6.45, 7) is 3.89. The van der Waals surface area contributed by atoms with Crippen LogP contribution in [-0.4, -0.2) is 18.0 Å². The van der Waals surface area contributed by atoms with Gasteiger partial charge in [0.2, 0.25) is 0 Å². The van der Waals surface area contributed by atoms with E-state index < -0.39 is 11.9 Å². The second-order valence-corrected chi connectivity index (χ2v) is 3.23. The number of carboxylic acid groups (broad SMARTS) is 2. The van der Waals surface area contributed by atoms with E-state index in [9.17, 15) is 0 Å². The molecule has 0 bridgehead atoms. The van der Waals surface area contributed by atoms with E-state index >= 15 is 0 Å². The summed E-state index contributed by atoms with van der Waals surface area (Å²) >= 11 is 0. The minimum Gasteiger partial charge on any atom is -0.677 e. The Bertz CT molecular complexity index is 188. The maximum absolute atomic E-state index is 8.93. The van der Waals surface area contributed by atoms with Crippen molar-refractivity contribution in [2.24, 2.45) is 5.92 Å². The topological polar surface area (TPSA) is 104 Å². The van der Waals surface area contributed by atoms with Gasteiger partial charge in [-0.3, -0.25) is 0 Å². The Hall–Kier alpha value is -0.412. The second kappa shape index (κ2) is 8.86. The molecule has 1 N–H and O–H groups in total. The summed E-state index contributed by atoms with van der Waals surface area (Å²) in [5, 5.41) is 17.9. The van der Waals surface area contributed by atoms with Gasteiger partial charge in [-0.1, -0.05) is 25.7 Å². The molecule has 1 aliphatic carbocycles. The molecule has 6 heteroatoms. The summed E-state index contributed by atoms with van der Waals surface area (Å²) in [6.07, 6.45) is 4.80. The molecule has 15 heavy (non-hydrogen) atoms. The van der Waals surface area contributed by atoms with E-state index in [2.05, 4.69) is 6.92 Å². The van der Waals surface area contributed by atoms with E-state index in [1.807, 2.05) is 0 Å². The van der Waals surface area contributed by atoms with Crippen molar-refractivity contribution in [3.8, 4) is 0 Å². The maximum Gasteiger partial charge on any atom is 2.00 e. The maximum atomic E-state index is 8.93. The molecule has 1 rings (SSSR count). The SMILES string of the molecule is O=C([O-])C(=O)[O-].[CH2-][C@@H]1CCCC[C@H]1[NH-].[Pt+2]. The zero-order chi connectivity index (χ0) is 11.1. The Labute approximate surface area is 103 Å². The molecule has 0 aliphatic heterocycles. The van der Waals surface area contributed by atoms with Crippen LogP contribution in [0.15, 0.2) is 0 Å². The molecule has 0 radical (unpaired) electrons. The molecule has 0 saturated heterocycles. The van der Waals surface area contributed by atoms with E-state index in [4.69, 9.17) is 25.5 Å². The van der Waals surface area contributed by atoms with Gasteiger partial charge in [-0.05, 0) is 0 Å². The van der Waals surface area contributed by atoms with Crippen LogP contribution in [0.25, 0.3) is 5.73 Å². The van der Waals surface area contributed by atoms with E-state index in [1.54, 1.807) is 0 Å². The third kappa shape index (κ3) is 8.57. The van der Waals surface area contributed by atoms with Crippen molar-refractivity contribution in [2.75, 3.05) is 0 Å². The molecule has 0 spiro atoms. The van der Waals surface area contributed by atoms with Gasteiger partial charge < -0.3 is 32.5 Å². The number of aliphatic carboxylic acids is 2. The molecule has 90 valence electrons. The smallest absolute Gasteiger partial charge is 0.677 e. The Morgan fingerprint density at radius 3 is 1.73 bits per heavy atom. The first-order valence-corrected chi connectivity index (χ1v) is 4.41. The van der Waals surface area contributed by atoms with Gasteiger partial charge in [0.15, 0.2) is 0 Å². The fourth-order valence-corrected chi connectivity index (χ4v) is 1.21. The number of rotatable bonds is 0. The molecule has 0 heterocycles. The van der Waals surface area contributed by atoms with Gasteiger partial charge in [0.25, 0.3) is 0 Å². The largest absolute Gasteiger partial charge is 2.00 e. The average Bonchev–Trinajstić information content (AvgIpc) is 2.11.